The Morgan fingerprint density at radius 2 is 1.94 bits per heavy atom. The van der Waals surface area contributed by atoms with Gasteiger partial charge in [-0.2, -0.15) is 17.9 Å². The van der Waals surface area contributed by atoms with E-state index in [1.165, 1.54) is 18.7 Å². The number of hydrogen-bond donors (Lipinski definition) is 1. The fourth-order valence-corrected chi connectivity index (χ4v) is 3.90. The molecule has 10 heteroatoms. The molecular formula is C21H23F3N6O. The van der Waals surface area contributed by atoms with Gasteiger partial charge in [0.1, 0.15) is 5.75 Å². The molecule has 2 heterocycles. The summed E-state index contributed by atoms with van der Waals surface area (Å²) in [5, 5.41) is 12.0. The van der Waals surface area contributed by atoms with E-state index in [1.807, 2.05) is 18.2 Å². The molecule has 0 aliphatic carbocycles. The van der Waals surface area contributed by atoms with Gasteiger partial charge in [0, 0.05) is 24.7 Å². The molecule has 31 heavy (non-hydrogen) atoms. The number of alkyl halides is 3. The highest BCUT2D eigenvalue weighted by atomic mass is 19.4. The van der Waals surface area contributed by atoms with Gasteiger partial charge in [-0.25, -0.2) is 5.01 Å². The van der Waals surface area contributed by atoms with Crippen LogP contribution in [-0.2, 0) is 12.7 Å². The maximum absolute atomic E-state index is 13.2. The van der Waals surface area contributed by atoms with E-state index >= 15 is 0 Å². The number of tetrazole rings is 1. The van der Waals surface area contributed by atoms with E-state index in [0.29, 0.717) is 22.5 Å². The number of piperidine rings is 1. The maximum atomic E-state index is 13.2. The zero-order chi connectivity index (χ0) is 21.8. The van der Waals surface area contributed by atoms with Crippen molar-refractivity contribution in [3.05, 3.63) is 65.5 Å². The van der Waals surface area contributed by atoms with Crippen molar-refractivity contribution < 1.29 is 17.9 Å². The number of aromatic nitrogens is 4. The molecule has 0 spiro atoms. The average molecular weight is 432 g/mol. The average Bonchev–Trinajstić information content (AvgIpc) is 3.29. The van der Waals surface area contributed by atoms with Gasteiger partial charge in [0.25, 0.3) is 5.82 Å². The van der Waals surface area contributed by atoms with Crippen molar-refractivity contribution in [1.29, 1.82) is 0 Å². The third kappa shape index (κ3) is 4.70. The number of rotatable bonds is 6. The van der Waals surface area contributed by atoms with Crippen LogP contribution in [0, 0.1) is 0 Å². The van der Waals surface area contributed by atoms with Crippen molar-refractivity contribution in [3.63, 3.8) is 0 Å². The van der Waals surface area contributed by atoms with Gasteiger partial charge in [-0.15, -0.1) is 5.10 Å². The van der Waals surface area contributed by atoms with Crippen LogP contribution in [0.3, 0.4) is 0 Å². The molecule has 2 aromatic carbocycles. The molecule has 7 nitrogen and oxygen atoms in total. The molecule has 1 fully saturated rings. The van der Waals surface area contributed by atoms with Crippen LogP contribution in [-0.4, -0.2) is 38.9 Å². The number of nitrogens with one attached hydrogen (secondary N) is 1. The highest BCUT2D eigenvalue weighted by Gasteiger charge is 2.38. The van der Waals surface area contributed by atoms with E-state index < -0.39 is 12.0 Å². The molecule has 1 N–H and O–H groups in total. The van der Waals surface area contributed by atoms with Crippen molar-refractivity contribution >= 4 is 0 Å². The lowest BCUT2D eigenvalue weighted by Crippen LogP contribution is -2.43. The van der Waals surface area contributed by atoms with Crippen molar-refractivity contribution in [2.24, 2.45) is 0 Å². The van der Waals surface area contributed by atoms with Crippen molar-refractivity contribution in [1.82, 2.24) is 30.6 Å². The standard InChI is InChI=1S/C21H23F3N6O/c1-31-19-11-10-17(30-20(21(22,23)24)26-27-28-30)13-16(19)14-25-29-12-6-5-9-18(29)15-7-3-2-4-8-15/h2-4,7-8,10-11,13,18,25H,5-6,9,12,14H2,1H3/t18-/m0/s1. The minimum Gasteiger partial charge on any atom is -0.496 e. The summed E-state index contributed by atoms with van der Waals surface area (Å²) in [6.45, 7) is 1.27. The second kappa shape index (κ2) is 9.03. The van der Waals surface area contributed by atoms with E-state index in [0.717, 1.165) is 25.8 Å². The fraction of sp³-hybridized carbons (Fsp3) is 0.381. The van der Waals surface area contributed by atoms with Crippen molar-refractivity contribution in [2.75, 3.05) is 13.7 Å². The van der Waals surface area contributed by atoms with Crippen molar-refractivity contribution in [3.8, 4) is 11.4 Å². The summed E-state index contributed by atoms with van der Waals surface area (Å²) in [7, 11) is 1.53. The number of halogens is 3. The van der Waals surface area contributed by atoms with Gasteiger partial charge in [0.15, 0.2) is 0 Å². The SMILES string of the molecule is COc1ccc(-n2nnnc2C(F)(F)F)cc1CNN1CCCC[C@H]1c1ccccc1. The molecule has 0 radical (unpaired) electrons. The minimum absolute atomic E-state index is 0.216. The van der Waals surface area contributed by atoms with Crippen LogP contribution in [0.1, 0.15) is 42.3 Å². The zero-order valence-corrected chi connectivity index (χ0v) is 17.0. The number of nitrogens with zero attached hydrogens (tertiary/aromatic N) is 5. The molecule has 164 valence electrons. The largest absolute Gasteiger partial charge is 0.496 e. The van der Waals surface area contributed by atoms with E-state index in [4.69, 9.17) is 4.74 Å². The van der Waals surface area contributed by atoms with E-state index in [9.17, 15) is 13.2 Å². The Labute approximate surface area is 177 Å². The number of ether oxygens (including phenoxy) is 1. The molecule has 3 aromatic rings. The normalized spacial score (nSPS) is 17.6. The maximum Gasteiger partial charge on any atom is 0.453 e. The lowest BCUT2D eigenvalue weighted by molar-refractivity contribution is -0.146. The lowest BCUT2D eigenvalue weighted by Gasteiger charge is -2.36. The van der Waals surface area contributed by atoms with Gasteiger partial charge in [0.05, 0.1) is 12.8 Å². The van der Waals surface area contributed by atoms with Crippen LogP contribution in [0.4, 0.5) is 13.2 Å². The molecular weight excluding hydrogens is 409 g/mol. The van der Waals surface area contributed by atoms with Gasteiger partial charge in [0.2, 0.25) is 0 Å². The Morgan fingerprint density at radius 3 is 2.68 bits per heavy atom. The summed E-state index contributed by atoms with van der Waals surface area (Å²) in [5.74, 6) is -0.595. The molecule has 1 aromatic heterocycles. The van der Waals surface area contributed by atoms with E-state index in [1.54, 1.807) is 12.1 Å². The second-order valence-corrected chi connectivity index (χ2v) is 7.36. The van der Waals surface area contributed by atoms with Crippen LogP contribution < -0.4 is 10.2 Å². The monoisotopic (exact) mass is 432 g/mol. The van der Waals surface area contributed by atoms with Gasteiger partial charge in [-0.3, -0.25) is 5.43 Å². The number of benzene rings is 2. The molecule has 4 rings (SSSR count). The zero-order valence-electron chi connectivity index (χ0n) is 17.0. The van der Waals surface area contributed by atoms with Gasteiger partial charge >= 0.3 is 6.18 Å². The Balaban J connectivity index is 1.57. The minimum atomic E-state index is -4.65. The summed E-state index contributed by atoms with van der Waals surface area (Å²) in [5.41, 5.74) is 5.61. The molecule has 1 atom stereocenters. The molecule has 0 amide bonds. The first-order chi connectivity index (χ1) is 15.0. The van der Waals surface area contributed by atoms with Gasteiger partial charge in [-0.05, 0) is 47.0 Å². The highest BCUT2D eigenvalue weighted by molar-refractivity contribution is 5.44. The Bertz CT molecular complexity index is 1010. The predicted octanol–water partition coefficient (Wildman–Crippen LogP) is 3.92. The number of methoxy groups -OCH3 is 1. The second-order valence-electron chi connectivity index (χ2n) is 7.36. The fourth-order valence-electron chi connectivity index (χ4n) is 3.90. The Kier molecular flexibility index (Phi) is 6.19. The number of hydrogen-bond acceptors (Lipinski definition) is 6. The summed E-state index contributed by atoms with van der Waals surface area (Å²) in [6.07, 6.45) is -1.39. The smallest absolute Gasteiger partial charge is 0.453 e. The molecule has 1 aliphatic rings. The van der Waals surface area contributed by atoms with Crippen LogP contribution in [0.15, 0.2) is 48.5 Å². The number of hydrazine groups is 1. The summed E-state index contributed by atoms with van der Waals surface area (Å²) in [6, 6.07) is 15.2. The Morgan fingerprint density at radius 1 is 1.13 bits per heavy atom. The van der Waals surface area contributed by atoms with Crippen LogP contribution in [0.2, 0.25) is 0 Å². The van der Waals surface area contributed by atoms with Gasteiger partial charge in [-0.1, -0.05) is 36.8 Å². The predicted molar refractivity (Wildman–Crippen MR) is 107 cm³/mol. The Hall–Kier alpha value is -2.98. The molecule has 0 saturated carbocycles. The van der Waals surface area contributed by atoms with E-state index in [-0.39, 0.29) is 11.7 Å². The third-order valence-corrected chi connectivity index (χ3v) is 5.39. The molecule has 0 unspecified atom stereocenters. The molecule has 0 bridgehead atoms. The van der Waals surface area contributed by atoms with E-state index in [2.05, 4.69) is 38.1 Å². The first-order valence-electron chi connectivity index (χ1n) is 10.1. The summed E-state index contributed by atoms with van der Waals surface area (Å²) < 4.78 is 45.7. The summed E-state index contributed by atoms with van der Waals surface area (Å²) in [4.78, 5) is 0. The van der Waals surface area contributed by atoms with Crippen molar-refractivity contribution in [2.45, 2.75) is 38.0 Å². The van der Waals surface area contributed by atoms with Gasteiger partial charge < -0.3 is 4.74 Å². The summed E-state index contributed by atoms with van der Waals surface area (Å²) >= 11 is 0. The highest BCUT2D eigenvalue weighted by Crippen LogP contribution is 2.31. The topological polar surface area (TPSA) is 68.1 Å². The first kappa shape index (κ1) is 21.3. The lowest BCUT2D eigenvalue weighted by atomic mass is 9.97. The van der Waals surface area contributed by atoms with Crippen LogP contribution >= 0.6 is 0 Å². The molecule has 1 aliphatic heterocycles. The molecule has 1 saturated heterocycles. The third-order valence-electron chi connectivity index (χ3n) is 5.39. The quantitative estimate of drug-likeness (QED) is 0.637. The first-order valence-corrected chi connectivity index (χ1v) is 10.1. The van der Waals surface area contributed by atoms with Crippen LogP contribution in [0.5, 0.6) is 5.75 Å². The van der Waals surface area contributed by atoms with Crippen LogP contribution in [0.25, 0.3) is 5.69 Å².